The maximum absolute atomic E-state index is 9.81. The lowest BCUT2D eigenvalue weighted by atomic mass is 9.92. The standard InChI is InChI=1S/C12H26O2/c1-4-6-10(3)12(14)8-7-11(5-2)9-13/h10-14H,4-9H2,1-3H3. The highest BCUT2D eigenvalue weighted by atomic mass is 16.3. The molecule has 2 N–H and O–H groups in total. The van der Waals surface area contributed by atoms with Crippen LogP contribution in [-0.4, -0.2) is 22.9 Å². The fraction of sp³-hybridized carbons (Fsp3) is 1.00. The molecule has 0 bridgehead atoms. The van der Waals surface area contributed by atoms with E-state index >= 15 is 0 Å². The predicted octanol–water partition coefficient (Wildman–Crippen LogP) is 2.58. The first-order chi connectivity index (χ1) is 6.65. The van der Waals surface area contributed by atoms with E-state index in [2.05, 4.69) is 20.8 Å². The van der Waals surface area contributed by atoms with E-state index in [0.29, 0.717) is 11.8 Å². The molecule has 3 atom stereocenters. The monoisotopic (exact) mass is 202 g/mol. The van der Waals surface area contributed by atoms with Gasteiger partial charge in [0.15, 0.2) is 0 Å². The molecule has 0 aliphatic carbocycles. The van der Waals surface area contributed by atoms with Crippen LogP contribution in [0.1, 0.15) is 52.9 Å². The summed E-state index contributed by atoms with van der Waals surface area (Å²) in [6.07, 6.45) is 4.83. The van der Waals surface area contributed by atoms with Crippen molar-refractivity contribution in [1.82, 2.24) is 0 Å². The molecule has 0 amide bonds. The molecule has 0 radical (unpaired) electrons. The van der Waals surface area contributed by atoms with E-state index in [9.17, 15) is 5.11 Å². The molecule has 2 heteroatoms. The fourth-order valence-corrected chi connectivity index (χ4v) is 1.76. The third-order valence-electron chi connectivity index (χ3n) is 3.11. The van der Waals surface area contributed by atoms with Crippen LogP contribution in [0.5, 0.6) is 0 Å². The van der Waals surface area contributed by atoms with Gasteiger partial charge in [-0.05, 0) is 31.1 Å². The molecule has 0 spiro atoms. The van der Waals surface area contributed by atoms with Gasteiger partial charge in [-0.2, -0.15) is 0 Å². The summed E-state index contributed by atoms with van der Waals surface area (Å²) >= 11 is 0. The second-order valence-electron chi connectivity index (χ2n) is 4.37. The largest absolute Gasteiger partial charge is 0.396 e. The van der Waals surface area contributed by atoms with E-state index in [-0.39, 0.29) is 12.7 Å². The second-order valence-corrected chi connectivity index (χ2v) is 4.37. The van der Waals surface area contributed by atoms with E-state index < -0.39 is 0 Å². The zero-order valence-electron chi connectivity index (χ0n) is 9.87. The van der Waals surface area contributed by atoms with E-state index in [4.69, 9.17) is 5.11 Å². The van der Waals surface area contributed by atoms with Crippen LogP contribution >= 0.6 is 0 Å². The highest BCUT2D eigenvalue weighted by molar-refractivity contribution is 4.66. The number of rotatable bonds is 8. The van der Waals surface area contributed by atoms with Crippen molar-refractivity contribution < 1.29 is 10.2 Å². The number of hydrogen-bond acceptors (Lipinski definition) is 2. The van der Waals surface area contributed by atoms with E-state index in [0.717, 1.165) is 32.1 Å². The maximum Gasteiger partial charge on any atom is 0.0565 e. The van der Waals surface area contributed by atoms with Crippen molar-refractivity contribution in [1.29, 1.82) is 0 Å². The topological polar surface area (TPSA) is 40.5 Å². The van der Waals surface area contributed by atoms with Crippen LogP contribution in [0.15, 0.2) is 0 Å². The minimum absolute atomic E-state index is 0.185. The molecule has 86 valence electrons. The smallest absolute Gasteiger partial charge is 0.0565 e. The van der Waals surface area contributed by atoms with Crippen molar-refractivity contribution in [3.63, 3.8) is 0 Å². The summed E-state index contributed by atoms with van der Waals surface area (Å²) in [5, 5.41) is 18.8. The van der Waals surface area contributed by atoms with Crippen molar-refractivity contribution in [2.45, 2.75) is 59.0 Å². The van der Waals surface area contributed by atoms with Gasteiger partial charge < -0.3 is 10.2 Å². The van der Waals surface area contributed by atoms with Gasteiger partial charge in [0.2, 0.25) is 0 Å². The molecule has 0 aromatic rings. The van der Waals surface area contributed by atoms with E-state index in [1.807, 2.05) is 0 Å². The first kappa shape index (κ1) is 13.9. The molecule has 3 unspecified atom stereocenters. The summed E-state index contributed by atoms with van der Waals surface area (Å²) < 4.78 is 0. The second kappa shape index (κ2) is 8.25. The zero-order valence-corrected chi connectivity index (χ0v) is 9.87. The lowest BCUT2D eigenvalue weighted by Gasteiger charge is -2.20. The van der Waals surface area contributed by atoms with Crippen molar-refractivity contribution >= 4 is 0 Å². The normalized spacial score (nSPS) is 17.8. The Bertz CT molecular complexity index is 121. The van der Waals surface area contributed by atoms with Crippen LogP contribution in [0.2, 0.25) is 0 Å². The summed E-state index contributed by atoms with van der Waals surface area (Å²) in [7, 11) is 0. The first-order valence-corrected chi connectivity index (χ1v) is 5.94. The van der Waals surface area contributed by atoms with Gasteiger partial charge in [0.05, 0.1) is 6.10 Å². The molecule has 0 fully saturated rings. The fourth-order valence-electron chi connectivity index (χ4n) is 1.76. The Morgan fingerprint density at radius 1 is 1.07 bits per heavy atom. The molecule has 0 aromatic carbocycles. The Kier molecular flexibility index (Phi) is 8.20. The Balaban J connectivity index is 3.65. The van der Waals surface area contributed by atoms with Gasteiger partial charge in [-0.25, -0.2) is 0 Å². The first-order valence-electron chi connectivity index (χ1n) is 5.94. The van der Waals surface area contributed by atoms with Gasteiger partial charge >= 0.3 is 0 Å². The van der Waals surface area contributed by atoms with Gasteiger partial charge in [0.25, 0.3) is 0 Å². The van der Waals surface area contributed by atoms with Crippen molar-refractivity contribution in [3.8, 4) is 0 Å². The van der Waals surface area contributed by atoms with Crippen molar-refractivity contribution in [3.05, 3.63) is 0 Å². The molecule has 14 heavy (non-hydrogen) atoms. The molecular formula is C12H26O2. The molecule has 0 aromatic heterocycles. The SMILES string of the molecule is CCCC(C)C(O)CCC(CC)CO. The lowest BCUT2D eigenvalue weighted by molar-refractivity contribution is 0.0891. The Labute approximate surface area is 88.3 Å². The quantitative estimate of drug-likeness (QED) is 0.635. The molecule has 0 saturated carbocycles. The summed E-state index contributed by atoms with van der Waals surface area (Å²) in [6, 6.07) is 0. The van der Waals surface area contributed by atoms with E-state index in [1.54, 1.807) is 0 Å². The third-order valence-corrected chi connectivity index (χ3v) is 3.11. The number of aliphatic hydroxyl groups excluding tert-OH is 2. The molecule has 0 rings (SSSR count). The van der Waals surface area contributed by atoms with Crippen LogP contribution in [0.3, 0.4) is 0 Å². The molecule has 2 nitrogen and oxygen atoms in total. The molecule has 0 saturated heterocycles. The van der Waals surface area contributed by atoms with Crippen LogP contribution < -0.4 is 0 Å². The minimum atomic E-state index is -0.185. The summed E-state index contributed by atoms with van der Waals surface area (Å²) in [5.74, 6) is 0.773. The predicted molar refractivity (Wildman–Crippen MR) is 60.2 cm³/mol. The average Bonchev–Trinajstić information content (AvgIpc) is 2.19. The van der Waals surface area contributed by atoms with E-state index in [1.165, 1.54) is 0 Å². The lowest BCUT2D eigenvalue weighted by Crippen LogP contribution is -2.19. The molecule has 0 aliphatic heterocycles. The van der Waals surface area contributed by atoms with Gasteiger partial charge in [0.1, 0.15) is 0 Å². The summed E-state index contributed by atoms with van der Waals surface area (Å²) in [6.45, 7) is 6.59. The highest BCUT2D eigenvalue weighted by Gasteiger charge is 2.15. The summed E-state index contributed by atoms with van der Waals surface area (Å²) in [4.78, 5) is 0. The zero-order chi connectivity index (χ0) is 11.0. The minimum Gasteiger partial charge on any atom is -0.396 e. The molecule has 0 aliphatic rings. The average molecular weight is 202 g/mol. The van der Waals surface area contributed by atoms with Crippen LogP contribution in [0.25, 0.3) is 0 Å². The van der Waals surface area contributed by atoms with Crippen molar-refractivity contribution in [2.75, 3.05) is 6.61 Å². The highest BCUT2D eigenvalue weighted by Crippen LogP contribution is 2.18. The molecule has 0 heterocycles. The van der Waals surface area contributed by atoms with Gasteiger partial charge in [-0.15, -0.1) is 0 Å². The Morgan fingerprint density at radius 2 is 1.71 bits per heavy atom. The van der Waals surface area contributed by atoms with Gasteiger partial charge in [-0.3, -0.25) is 0 Å². The third kappa shape index (κ3) is 5.61. The van der Waals surface area contributed by atoms with Gasteiger partial charge in [-0.1, -0.05) is 33.6 Å². The Morgan fingerprint density at radius 3 is 2.14 bits per heavy atom. The number of hydrogen-bond donors (Lipinski definition) is 2. The Hall–Kier alpha value is -0.0800. The van der Waals surface area contributed by atoms with Crippen LogP contribution in [-0.2, 0) is 0 Å². The number of aliphatic hydroxyl groups is 2. The van der Waals surface area contributed by atoms with Crippen LogP contribution in [0, 0.1) is 11.8 Å². The van der Waals surface area contributed by atoms with Crippen molar-refractivity contribution in [2.24, 2.45) is 11.8 Å². The van der Waals surface area contributed by atoms with Gasteiger partial charge in [0, 0.05) is 6.61 Å². The van der Waals surface area contributed by atoms with Crippen LogP contribution in [0.4, 0.5) is 0 Å². The molecular weight excluding hydrogens is 176 g/mol. The maximum atomic E-state index is 9.81. The summed E-state index contributed by atoms with van der Waals surface area (Å²) in [5.41, 5.74) is 0.